The zero-order chi connectivity index (χ0) is 14.6. The van der Waals surface area contributed by atoms with Gasteiger partial charge in [-0.05, 0) is 37.1 Å². The van der Waals surface area contributed by atoms with Gasteiger partial charge in [0.2, 0.25) is 5.91 Å². The predicted molar refractivity (Wildman–Crippen MR) is 75.1 cm³/mol. The molecule has 2 amide bonds. The van der Waals surface area contributed by atoms with Crippen LogP contribution in [-0.2, 0) is 9.59 Å². The van der Waals surface area contributed by atoms with E-state index in [-0.39, 0.29) is 12.5 Å². The fourth-order valence-corrected chi connectivity index (χ4v) is 2.18. The molecule has 1 aromatic carbocycles. The number of hydrogen-bond acceptors (Lipinski definition) is 4. The average Bonchev–Trinajstić information content (AvgIpc) is 2.37. The number of rotatable bonds is 6. The summed E-state index contributed by atoms with van der Waals surface area (Å²) in [5.74, 6) is -0.0340. The molecule has 108 valence electrons. The number of carbonyl (C=O) groups is 2. The highest BCUT2D eigenvalue weighted by molar-refractivity contribution is 5.96. The molecule has 0 saturated heterocycles. The van der Waals surface area contributed by atoms with Gasteiger partial charge in [0.1, 0.15) is 5.75 Å². The van der Waals surface area contributed by atoms with E-state index in [1.165, 1.54) is 0 Å². The van der Waals surface area contributed by atoms with Crippen molar-refractivity contribution in [2.45, 2.75) is 19.3 Å². The van der Waals surface area contributed by atoms with Gasteiger partial charge in [-0.15, -0.1) is 0 Å². The Kier molecular flexibility index (Phi) is 4.24. The lowest BCUT2D eigenvalue weighted by Gasteiger charge is -2.39. The van der Waals surface area contributed by atoms with Crippen molar-refractivity contribution in [3.63, 3.8) is 0 Å². The van der Waals surface area contributed by atoms with E-state index in [1.54, 1.807) is 24.3 Å². The lowest BCUT2D eigenvalue weighted by molar-refractivity contribution is -0.129. The van der Waals surface area contributed by atoms with Crippen LogP contribution in [0.5, 0.6) is 5.75 Å². The molecule has 0 spiro atoms. The van der Waals surface area contributed by atoms with Crippen LogP contribution in [0.25, 0.3) is 0 Å². The molecule has 0 unspecified atom stereocenters. The highest BCUT2D eigenvalue weighted by Gasteiger charge is 2.42. The van der Waals surface area contributed by atoms with Crippen molar-refractivity contribution >= 4 is 17.5 Å². The molecule has 1 saturated carbocycles. The third-order valence-electron chi connectivity index (χ3n) is 3.68. The first-order valence-electron chi connectivity index (χ1n) is 6.58. The molecular weight excluding hydrogens is 258 g/mol. The molecule has 6 heteroatoms. The second-order valence-electron chi connectivity index (χ2n) is 5.07. The smallest absolute Gasteiger partial charge is 0.255 e. The number of nitrogens with two attached hydrogens (primary N) is 2. The molecule has 20 heavy (non-hydrogen) atoms. The van der Waals surface area contributed by atoms with E-state index in [9.17, 15) is 9.59 Å². The van der Waals surface area contributed by atoms with Gasteiger partial charge < -0.3 is 21.5 Å². The number of benzene rings is 1. The first-order valence-corrected chi connectivity index (χ1v) is 6.58. The molecule has 0 bridgehead atoms. The van der Waals surface area contributed by atoms with Crippen molar-refractivity contribution in [2.24, 2.45) is 16.9 Å². The van der Waals surface area contributed by atoms with Gasteiger partial charge in [-0.1, -0.05) is 6.42 Å². The lowest BCUT2D eigenvalue weighted by atomic mass is 9.68. The first-order chi connectivity index (χ1) is 9.55. The Labute approximate surface area is 117 Å². The third-order valence-corrected chi connectivity index (χ3v) is 3.68. The van der Waals surface area contributed by atoms with Gasteiger partial charge in [0.25, 0.3) is 5.91 Å². The summed E-state index contributed by atoms with van der Waals surface area (Å²) in [5.41, 5.74) is 11.0. The Bertz CT molecular complexity index is 489. The largest absolute Gasteiger partial charge is 0.484 e. The summed E-state index contributed by atoms with van der Waals surface area (Å²) in [7, 11) is 0. The van der Waals surface area contributed by atoms with Crippen molar-refractivity contribution in [3.8, 4) is 5.75 Å². The summed E-state index contributed by atoms with van der Waals surface area (Å²) in [6, 6.07) is 6.79. The summed E-state index contributed by atoms with van der Waals surface area (Å²) in [4.78, 5) is 22.8. The van der Waals surface area contributed by atoms with E-state index in [0.717, 1.165) is 19.3 Å². The zero-order valence-electron chi connectivity index (χ0n) is 11.2. The average molecular weight is 277 g/mol. The standard InChI is InChI=1S/C14H19N3O3/c15-9-14(6-1-7-14)13(19)17-10-2-4-11(5-3-10)20-8-12(16)18/h2-5H,1,6-9,15H2,(H2,16,18)(H,17,19). The Balaban J connectivity index is 1.93. The van der Waals surface area contributed by atoms with Crippen LogP contribution < -0.4 is 21.5 Å². The van der Waals surface area contributed by atoms with E-state index in [0.29, 0.717) is 18.0 Å². The fraction of sp³-hybridized carbons (Fsp3) is 0.429. The normalized spacial score (nSPS) is 16.1. The van der Waals surface area contributed by atoms with Crippen LogP contribution in [-0.4, -0.2) is 25.0 Å². The molecule has 1 aromatic rings. The maximum Gasteiger partial charge on any atom is 0.255 e. The van der Waals surface area contributed by atoms with E-state index >= 15 is 0 Å². The van der Waals surface area contributed by atoms with Gasteiger partial charge in [-0.2, -0.15) is 0 Å². The van der Waals surface area contributed by atoms with Crippen LogP contribution in [0.15, 0.2) is 24.3 Å². The lowest BCUT2D eigenvalue weighted by Crippen LogP contribution is -2.47. The maximum atomic E-state index is 12.2. The number of amides is 2. The molecule has 0 heterocycles. The van der Waals surface area contributed by atoms with E-state index in [2.05, 4.69) is 5.32 Å². The van der Waals surface area contributed by atoms with Crippen molar-refractivity contribution in [1.82, 2.24) is 0 Å². The summed E-state index contributed by atoms with van der Waals surface area (Å²) < 4.78 is 5.14. The monoisotopic (exact) mass is 277 g/mol. The topological polar surface area (TPSA) is 107 Å². The molecular formula is C14H19N3O3. The Morgan fingerprint density at radius 3 is 2.35 bits per heavy atom. The van der Waals surface area contributed by atoms with Crippen molar-refractivity contribution < 1.29 is 14.3 Å². The summed E-state index contributed by atoms with van der Waals surface area (Å²) >= 11 is 0. The van der Waals surface area contributed by atoms with Crippen LogP contribution in [0.4, 0.5) is 5.69 Å². The molecule has 0 aromatic heterocycles. The molecule has 1 aliphatic carbocycles. The molecule has 1 fully saturated rings. The predicted octanol–water partition coefficient (Wildman–Crippen LogP) is 0.618. The maximum absolute atomic E-state index is 12.2. The van der Waals surface area contributed by atoms with Crippen molar-refractivity contribution in [2.75, 3.05) is 18.5 Å². The number of hydrogen-bond donors (Lipinski definition) is 3. The highest BCUT2D eigenvalue weighted by Crippen LogP contribution is 2.40. The van der Waals surface area contributed by atoms with E-state index in [4.69, 9.17) is 16.2 Å². The van der Waals surface area contributed by atoms with Gasteiger partial charge in [-0.3, -0.25) is 9.59 Å². The van der Waals surface area contributed by atoms with Crippen LogP contribution in [0.1, 0.15) is 19.3 Å². The van der Waals surface area contributed by atoms with Crippen molar-refractivity contribution in [1.29, 1.82) is 0 Å². The molecule has 0 aliphatic heterocycles. The minimum Gasteiger partial charge on any atom is -0.484 e. The second kappa shape index (κ2) is 5.92. The minimum absolute atomic E-state index is 0.0305. The van der Waals surface area contributed by atoms with E-state index in [1.807, 2.05) is 0 Å². The number of anilines is 1. The fourth-order valence-electron chi connectivity index (χ4n) is 2.18. The highest BCUT2D eigenvalue weighted by atomic mass is 16.5. The quantitative estimate of drug-likeness (QED) is 0.708. The SMILES string of the molecule is NCC1(C(=O)Nc2ccc(OCC(N)=O)cc2)CCC1. The number of primary amides is 1. The summed E-state index contributed by atoms with van der Waals surface area (Å²) in [6.07, 6.45) is 2.73. The molecule has 0 atom stereocenters. The Hall–Kier alpha value is -2.08. The Morgan fingerprint density at radius 1 is 1.25 bits per heavy atom. The van der Waals surface area contributed by atoms with Gasteiger partial charge in [0.15, 0.2) is 6.61 Å². The number of ether oxygens (including phenoxy) is 1. The zero-order valence-corrected chi connectivity index (χ0v) is 11.2. The third kappa shape index (κ3) is 3.08. The molecule has 5 N–H and O–H groups in total. The number of carbonyl (C=O) groups excluding carboxylic acids is 2. The van der Waals surface area contributed by atoms with Gasteiger partial charge >= 0.3 is 0 Å². The van der Waals surface area contributed by atoms with Gasteiger partial charge in [0, 0.05) is 12.2 Å². The summed E-state index contributed by atoms with van der Waals surface area (Å²) in [6.45, 7) is 0.209. The van der Waals surface area contributed by atoms with Gasteiger partial charge in [0.05, 0.1) is 5.41 Å². The first kappa shape index (κ1) is 14.3. The van der Waals surface area contributed by atoms with Crippen LogP contribution in [0.2, 0.25) is 0 Å². The van der Waals surface area contributed by atoms with Crippen molar-refractivity contribution in [3.05, 3.63) is 24.3 Å². The Morgan fingerprint density at radius 2 is 1.90 bits per heavy atom. The van der Waals surface area contributed by atoms with Crippen LogP contribution >= 0.6 is 0 Å². The van der Waals surface area contributed by atoms with Gasteiger partial charge in [-0.25, -0.2) is 0 Å². The minimum atomic E-state index is -0.530. The molecule has 0 radical (unpaired) electrons. The van der Waals surface area contributed by atoms with Crippen LogP contribution in [0.3, 0.4) is 0 Å². The second-order valence-corrected chi connectivity index (χ2v) is 5.07. The van der Waals surface area contributed by atoms with Crippen LogP contribution in [0, 0.1) is 5.41 Å². The summed E-state index contributed by atoms with van der Waals surface area (Å²) in [5, 5.41) is 2.86. The molecule has 1 aliphatic rings. The molecule has 2 rings (SSSR count). The number of nitrogens with one attached hydrogen (secondary N) is 1. The van der Waals surface area contributed by atoms with E-state index < -0.39 is 11.3 Å². The molecule has 6 nitrogen and oxygen atoms in total.